The second-order valence-corrected chi connectivity index (χ2v) is 10.9. The fourth-order valence-corrected chi connectivity index (χ4v) is 5.81. The highest BCUT2D eigenvalue weighted by Gasteiger charge is 2.34. The average molecular weight is 511 g/mol. The molecule has 2 aromatic carbocycles. The predicted molar refractivity (Wildman–Crippen MR) is 133 cm³/mol. The number of amides is 1. The Hall–Kier alpha value is -3.74. The summed E-state index contributed by atoms with van der Waals surface area (Å²) in [6.45, 7) is 3.89. The zero-order valence-electron chi connectivity index (χ0n) is 19.6. The van der Waals surface area contributed by atoms with Gasteiger partial charge in [-0.2, -0.15) is 9.40 Å². The molecule has 1 fully saturated rings. The van der Waals surface area contributed by atoms with Crippen molar-refractivity contribution in [3.8, 4) is 0 Å². The number of nitrogens with one attached hydrogen (secondary N) is 2. The number of hydrogen-bond acceptors (Lipinski definition) is 7. The van der Waals surface area contributed by atoms with Gasteiger partial charge >= 0.3 is 5.97 Å². The first-order valence-electron chi connectivity index (χ1n) is 11.5. The Morgan fingerprint density at radius 2 is 1.72 bits per heavy atom. The molecular weight excluding hydrogens is 484 g/mol. The fraction of sp³-hybridized carbons (Fsp3) is 0.292. The Morgan fingerprint density at radius 1 is 1.00 bits per heavy atom. The Kier molecular flexibility index (Phi) is 6.24. The van der Waals surface area contributed by atoms with E-state index in [1.165, 1.54) is 22.5 Å². The molecule has 0 bridgehead atoms. The molecule has 0 unspecified atom stereocenters. The van der Waals surface area contributed by atoms with Gasteiger partial charge in [-0.05, 0) is 49.5 Å². The molecule has 36 heavy (non-hydrogen) atoms. The second kappa shape index (κ2) is 9.37. The molecule has 2 aliphatic heterocycles. The third-order valence-electron chi connectivity index (χ3n) is 6.57. The van der Waals surface area contributed by atoms with E-state index < -0.39 is 16.0 Å². The van der Waals surface area contributed by atoms with E-state index in [1.54, 1.807) is 12.1 Å². The number of carbonyl (C=O) groups is 2. The average Bonchev–Trinajstić information content (AvgIpc) is 3.47. The zero-order chi connectivity index (χ0) is 25.4. The molecule has 3 N–H and O–H groups in total. The molecule has 0 atom stereocenters. The van der Waals surface area contributed by atoms with E-state index in [2.05, 4.69) is 32.4 Å². The second-order valence-electron chi connectivity index (χ2n) is 8.93. The number of carbonyl (C=O) groups excluding carboxylic acids is 1. The van der Waals surface area contributed by atoms with Gasteiger partial charge in [-0.25, -0.2) is 13.2 Å². The third-order valence-corrected chi connectivity index (χ3v) is 8.36. The fourth-order valence-electron chi connectivity index (χ4n) is 4.39. The third kappa shape index (κ3) is 4.57. The van der Waals surface area contributed by atoms with E-state index in [-0.39, 0.29) is 35.3 Å². The summed E-state index contributed by atoms with van der Waals surface area (Å²) in [5.74, 6) is -1.27. The number of aromatic amines is 1. The highest BCUT2D eigenvalue weighted by atomic mass is 32.2. The number of piperazine rings is 1. The Labute approximate surface area is 208 Å². The number of likely N-dealkylation sites (N-methyl/N-ethyl adjacent to an activating group) is 1. The molecule has 12 heteroatoms. The lowest BCUT2D eigenvalue weighted by Crippen LogP contribution is -2.44. The number of carboxylic acid groups (broad SMARTS) is 1. The van der Waals surface area contributed by atoms with E-state index in [9.17, 15) is 23.1 Å². The van der Waals surface area contributed by atoms with E-state index >= 15 is 0 Å². The van der Waals surface area contributed by atoms with Gasteiger partial charge in [0, 0.05) is 49.5 Å². The van der Waals surface area contributed by atoms with Crippen LogP contribution in [0, 0.1) is 0 Å². The van der Waals surface area contributed by atoms with Crippen molar-refractivity contribution in [1.82, 2.24) is 19.4 Å². The normalized spacial score (nSPS) is 16.6. The number of nitrogens with zero attached hydrogens (tertiary/aromatic N) is 4. The number of carboxylic acids is 1. The quantitative estimate of drug-likeness (QED) is 0.456. The summed E-state index contributed by atoms with van der Waals surface area (Å²) in [6.07, 6.45) is 0. The molecule has 188 valence electrons. The summed E-state index contributed by atoms with van der Waals surface area (Å²) in [7, 11) is -1.85. The monoisotopic (exact) mass is 510 g/mol. The van der Waals surface area contributed by atoms with Crippen molar-refractivity contribution in [1.29, 1.82) is 0 Å². The van der Waals surface area contributed by atoms with Crippen molar-refractivity contribution >= 4 is 33.4 Å². The van der Waals surface area contributed by atoms with Crippen LogP contribution in [0.15, 0.2) is 53.4 Å². The van der Waals surface area contributed by atoms with Crippen LogP contribution in [-0.4, -0.2) is 78.0 Å². The minimum Gasteiger partial charge on any atom is -0.478 e. The summed E-state index contributed by atoms with van der Waals surface area (Å²) >= 11 is 0. The molecule has 3 heterocycles. The summed E-state index contributed by atoms with van der Waals surface area (Å²) in [4.78, 5) is 28.6. The van der Waals surface area contributed by atoms with E-state index in [4.69, 9.17) is 0 Å². The highest BCUT2D eigenvalue weighted by molar-refractivity contribution is 7.89. The van der Waals surface area contributed by atoms with Crippen LogP contribution >= 0.6 is 0 Å². The van der Waals surface area contributed by atoms with Crippen molar-refractivity contribution in [2.45, 2.75) is 18.0 Å². The van der Waals surface area contributed by atoms with Gasteiger partial charge in [0.05, 0.1) is 22.7 Å². The van der Waals surface area contributed by atoms with Gasteiger partial charge in [-0.3, -0.25) is 9.89 Å². The Balaban J connectivity index is 1.27. The standard InChI is InChI=1S/C24H26N6O5S/c1-28-9-11-29(12-10-28)18-7-5-16(6-8-18)23(31)25-22-20-14-30(15-21(20)26-27-22)36(34,35)19-4-2-3-17(13-19)24(32)33/h2-8,13H,9-12,14-15H2,1H3,(H,32,33)(H2,25,26,27,31). The van der Waals surface area contributed by atoms with Crippen LogP contribution in [0.3, 0.4) is 0 Å². The van der Waals surface area contributed by atoms with Gasteiger partial charge < -0.3 is 20.2 Å². The largest absolute Gasteiger partial charge is 0.478 e. The maximum atomic E-state index is 13.1. The number of benzene rings is 2. The maximum Gasteiger partial charge on any atom is 0.335 e. The van der Waals surface area contributed by atoms with Gasteiger partial charge in [-0.15, -0.1) is 0 Å². The zero-order valence-corrected chi connectivity index (χ0v) is 20.5. The lowest BCUT2D eigenvalue weighted by molar-refractivity contribution is 0.0696. The van der Waals surface area contributed by atoms with Crippen LogP contribution in [0.25, 0.3) is 0 Å². The van der Waals surface area contributed by atoms with Crippen LogP contribution in [0.1, 0.15) is 32.0 Å². The van der Waals surface area contributed by atoms with Crippen LogP contribution in [0.5, 0.6) is 0 Å². The summed E-state index contributed by atoms with van der Waals surface area (Å²) in [5.41, 5.74) is 2.58. The molecule has 0 aliphatic carbocycles. The molecule has 0 saturated carbocycles. The number of aromatic nitrogens is 2. The number of fused-ring (bicyclic) bond motifs is 1. The topological polar surface area (TPSA) is 139 Å². The number of rotatable bonds is 6. The van der Waals surface area contributed by atoms with Gasteiger partial charge in [0.25, 0.3) is 5.91 Å². The van der Waals surface area contributed by atoms with Crippen LogP contribution in [0.4, 0.5) is 11.5 Å². The van der Waals surface area contributed by atoms with Crippen LogP contribution in [-0.2, 0) is 23.1 Å². The number of aromatic carboxylic acids is 1. The number of H-pyrrole nitrogens is 1. The van der Waals surface area contributed by atoms with Crippen molar-refractivity contribution in [2.24, 2.45) is 0 Å². The predicted octanol–water partition coefficient (Wildman–Crippen LogP) is 1.82. The first-order valence-corrected chi connectivity index (χ1v) is 12.9. The molecule has 2 aliphatic rings. The molecule has 3 aromatic rings. The van der Waals surface area contributed by atoms with E-state index in [0.717, 1.165) is 37.9 Å². The van der Waals surface area contributed by atoms with Gasteiger partial charge in [-0.1, -0.05) is 6.07 Å². The SMILES string of the molecule is CN1CCN(c2ccc(C(=O)Nc3n[nH]c4c3CN(S(=O)(=O)c3cccc(C(=O)O)c3)C4)cc2)CC1. The maximum absolute atomic E-state index is 13.1. The minimum atomic E-state index is -3.95. The van der Waals surface area contributed by atoms with Crippen molar-refractivity contribution in [3.05, 3.63) is 70.9 Å². The van der Waals surface area contributed by atoms with E-state index in [0.29, 0.717) is 16.8 Å². The molecular formula is C24H26N6O5S. The Morgan fingerprint density at radius 3 is 2.42 bits per heavy atom. The van der Waals surface area contributed by atoms with Crippen molar-refractivity contribution in [3.63, 3.8) is 0 Å². The molecule has 1 saturated heterocycles. The smallest absolute Gasteiger partial charge is 0.335 e. The molecule has 0 spiro atoms. The lowest BCUT2D eigenvalue weighted by Gasteiger charge is -2.34. The van der Waals surface area contributed by atoms with Gasteiger partial charge in [0.2, 0.25) is 10.0 Å². The highest BCUT2D eigenvalue weighted by Crippen LogP contribution is 2.32. The number of anilines is 2. The minimum absolute atomic E-state index is 0.00340. The summed E-state index contributed by atoms with van der Waals surface area (Å²) in [5, 5.41) is 18.9. The molecule has 1 amide bonds. The van der Waals surface area contributed by atoms with Gasteiger partial charge in [0.1, 0.15) is 0 Å². The molecule has 0 radical (unpaired) electrons. The van der Waals surface area contributed by atoms with E-state index in [1.807, 2.05) is 12.1 Å². The lowest BCUT2D eigenvalue weighted by atomic mass is 10.1. The molecule has 1 aromatic heterocycles. The Bertz CT molecular complexity index is 1410. The summed E-state index contributed by atoms with van der Waals surface area (Å²) < 4.78 is 27.5. The van der Waals surface area contributed by atoms with Crippen LogP contribution in [0.2, 0.25) is 0 Å². The number of hydrogen-bond donors (Lipinski definition) is 3. The van der Waals surface area contributed by atoms with Crippen LogP contribution < -0.4 is 10.2 Å². The van der Waals surface area contributed by atoms with Crippen molar-refractivity contribution in [2.75, 3.05) is 43.4 Å². The molecule has 5 rings (SSSR count). The number of sulfonamides is 1. The first kappa shape index (κ1) is 24.0. The van der Waals surface area contributed by atoms with Crippen molar-refractivity contribution < 1.29 is 23.1 Å². The first-order chi connectivity index (χ1) is 17.2. The molecule has 11 nitrogen and oxygen atoms in total. The summed E-state index contributed by atoms with van der Waals surface area (Å²) in [6, 6.07) is 12.6. The van der Waals surface area contributed by atoms with Gasteiger partial charge in [0.15, 0.2) is 5.82 Å².